The molecule has 0 bridgehead atoms. The normalized spacial score (nSPS) is 21.1. The number of nitrogens with two attached hydrogens (primary N) is 1. The molecule has 1 fully saturated rings. The van der Waals surface area contributed by atoms with Crippen molar-refractivity contribution >= 4 is 32.1 Å². The van der Waals surface area contributed by atoms with Gasteiger partial charge >= 0.3 is 0 Å². The molecule has 0 radical (unpaired) electrons. The van der Waals surface area contributed by atoms with Crippen LogP contribution in [0.2, 0.25) is 0 Å². The van der Waals surface area contributed by atoms with E-state index < -0.39 is 10.0 Å². The van der Waals surface area contributed by atoms with E-state index in [0.717, 1.165) is 6.54 Å². The van der Waals surface area contributed by atoms with E-state index in [0.29, 0.717) is 18.1 Å². The van der Waals surface area contributed by atoms with Gasteiger partial charge in [-0.3, -0.25) is 4.40 Å². The third-order valence-electron chi connectivity index (χ3n) is 3.34. The Bertz CT molecular complexity index is 738. The van der Waals surface area contributed by atoms with Crippen LogP contribution in [0.15, 0.2) is 16.6 Å². The third-order valence-corrected chi connectivity index (χ3v) is 5.56. The molecule has 2 aromatic rings. The first-order valence-electron chi connectivity index (χ1n) is 6.48. The molecule has 1 atom stereocenters. The van der Waals surface area contributed by atoms with Gasteiger partial charge in [-0.25, -0.2) is 18.1 Å². The number of aromatic nitrogens is 2. The van der Waals surface area contributed by atoms with E-state index in [-0.39, 0.29) is 23.5 Å². The summed E-state index contributed by atoms with van der Waals surface area (Å²) in [5, 5.41) is 1.75. The second kappa shape index (κ2) is 5.54. The summed E-state index contributed by atoms with van der Waals surface area (Å²) in [5.41, 5.74) is 5.73. The standard InChI is InChI=1S/C11H17N5O3S2/c1-15-2-4-19-8(7-15)6-13-21(17,18)10-9(12)14-11-16(10)3-5-20-11/h3,5,8,13H,2,4,6-7,12H2,1H3. The number of rotatable bonds is 4. The van der Waals surface area contributed by atoms with Gasteiger partial charge in [-0.05, 0) is 7.05 Å². The van der Waals surface area contributed by atoms with Crippen LogP contribution in [0.1, 0.15) is 0 Å². The first kappa shape index (κ1) is 14.7. The number of nitrogen functional groups attached to an aromatic ring is 1. The minimum Gasteiger partial charge on any atom is -0.381 e. The molecule has 1 aliphatic heterocycles. The monoisotopic (exact) mass is 331 g/mol. The molecule has 0 spiro atoms. The van der Waals surface area contributed by atoms with Crippen molar-refractivity contribution < 1.29 is 13.2 Å². The maximum Gasteiger partial charge on any atom is 0.260 e. The molecule has 0 aliphatic carbocycles. The lowest BCUT2D eigenvalue weighted by Crippen LogP contribution is -2.46. The number of nitrogens with zero attached hydrogens (tertiary/aromatic N) is 3. The molecule has 116 valence electrons. The van der Waals surface area contributed by atoms with Crippen LogP contribution in [-0.4, -0.2) is 62.1 Å². The van der Waals surface area contributed by atoms with Crippen molar-refractivity contribution in [2.75, 3.05) is 39.0 Å². The Balaban J connectivity index is 1.77. The van der Waals surface area contributed by atoms with Crippen molar-refractivity contribution in [3.05, 3.63) is 11.6 Å². The largest absolute Gasteiger partial charge is 0.381 e. The van der Waals surface area contributed by atoms with Gasteiger partial charge < -0.3 is 15.4 Å². The van der Waals surface area contributed by atoms with Crippen molar-refractivity contribution in [3.63, 3.8) is 0 Å². The second-order valence-corrected chi connectivity index (χ2v) is 7.52. The quantitative estimate of drug-likeness (QED) is 0.789. The van der Waals surface area contributed by atoms with E-state index in [2.05, 4.69) is 14.6 Å². The van der Waals surface area contributed by atoms with Gasteiger partial charge in [0.1, 0.15) is 0 Å². The van der Waals surface area contributed by atoms with Crippen LogP contribution in [-0.2, 0) is 14.8 Å². The first-order chi connectivity index (χ1) is 9.97. The highest BCUT2D eigenvalue weighted by Crippen LogP contribution is 2.23. The Morgan fingerprint density at radius 3 is 3.19 bits per heavy atom. The zero-order valence-electron chi connectivity index (χ0n) is 11.5. The Labute approximate surface area is 126 Å². The van der Waals surface area contributed by atoms with E-state index in [4.69, 9.17) is 10.5 Å². The zero-order chi connectivity index (χ0) is 15.0. The Kier molecular flexibility index (Phi) is 3.88. The van der Waals surface area contributed by atoms with Crippen molar-refractivity contribution in [3.8, 4) is 0 Å². The van der Waals surface area contributed by atoms with Crippen molar-refractivity contribution in [1.29, 1.82) is 0 Å². The molecule has 3 heterocycles. The van der Waals surface area contributed by atoms with Crippen LogP contribution < -0.4 is 10.5 Å². The summed E-state index contributed by atoms with van der Waals surface area (Å²) in [5.74, 6) is 0.0102. The number of morpholine rings is 1. The van der Waals surface area contributed by atoms with Crippen LogP contribution in [0.3, 0.4) is 0 Å². The van der Waals surface area contributed by atoms with E-state index in [1.54, 1.807) is 11.6 Å². The molecular formula is C11H17N5O3S2. The number of nitrogens with one attached hydrogen (secondary N) is 1. The Morgan fingerprint density at radius 1 is 1.62 bits per heavy atom. The van der Waals surface area contributed by atoms with Crippen LogP contribution in [0, 0.1) is 0 Å². The maximum absolute atomic E-state index is 12.4. The second-order valence-electron chi connectivity index (χ2n) is 4.96. The van der Waals surface area contributed by atoms with E-state index in [1.165, 1.54) is 15.7 Å². The number of fused-ring (bicyclic) bond motifs is 1. The summed E-state index contributed by atoms with van der Waals surface area (Å²) in [4.78, 5) is 6.71. The molecule has 1 aliphatic rings. The fourth-order valence-electron chi connectivity index (χ4n) is 2.31. The van der Waals surface area contributed by atoms with Crippen LogP contribution in [0.4, 0.5) is 5.82 Å². The van der Waals surface area contributed by atoms with Gasteiger partial charge in [0.25, 0.3) is 10.0 Å². The molecule has 1 unspecified atom stereocenters. The summed E-state index contributed by atoms with van der Waals surface area (Å²) in [7, 11) is -1.75. The highest BCUT2D eigenvalue weighted by Gasteiger charge is 2.26. The molecule has 3 N–H and O–H groups in total. The van der Waals surface area contributed by atoms with Gasteiger partial charge in [0.2, 0.25) is 0 Å². The van der Waals surface area contributed by atoms with Crippen molar-refractivity contribution in [2.24, 2.45) is 0 Å². The van der Waals surface area contributed by atoms with E-state index in [1.807, 2.05) is 7.05 Å². The highest BCUT2D eigenvalue weighted by atomic mass is 32.2. The Hall–Kier alpha value is -1.20. The molecule has 1 saturated heterocycles. The first-order valence-corrected chi connectivity index (χ1v) is 8.84. The predicted molar refractivity (Wildman–Crippen MR) is 79.9 cm³/mol. The summed E-state index contributed by atoms with van der Waals surface area (Å²) >= 11 is 1.33. The average molecular weight is 331 g/mol. The number of hydrogen-bond donors (Lipinski definition) is 2. The SMILES string of the molecule is CN1CCOC(CNS(=O)(=O)c2c(N)nc3sccn23)C1. The molecule has 8 nitrogen and oxygen atoms in total. The lowest BCUT2D eigenvalue weighted by Gasteiger charge is -2.29. The molecular weight excluding hydrogens is 314 g/mol. The van der Waals surface area contributed by atoms with Crippen LogP contribution in [0.5, 0.6) is 0 Å². The Morgan fingerprint density at radius 2 is 2.43 bits per heavy atom. The van der Waals surface area contributed by atoms with Gasteiger partial charge in [-0.1, -0.05) is 0 Å². The topological polar surface area (TPSA) is 102 Å². The number of thiazole rings is 1. The number of sulfonamides is 1. The minimum absolute atomic E-state index is 0.0102. The number of hydrogen-bond acceptors (Lipinski definition) is 7. The molecule has 3 rings (SSSR count). The van der Waals surface area contributed by atoms with Gasteiger partial charge in [-0.2, -0.15) is 0 Å². The van der Waals surface area contributed by atoms with Gasteiger partial charge in [-0.15, -0.1) is 11.3 Å². The highest BCUT2D eigenvalue weighted by molar-refractivity contribution is 7.89. The minimum atomic E-state index is -3.73. The number of likely N-dealkylation sites (N-methyl/N-ethyl adjacent to an activating group) is 1. The molecule has 2 aromatic heterocycles. The fourth-order valence-corrected chi connectivity index (χ4v) is 4.36. The molecule has 21 heavy (non-hydrogen) atoms. The van der Waals surface area contributed by atoms with Crippen molar-refractivity contribution in [1.82, 2.24) is 19.0 Å². The molecule has 0 aromatic carbocycles. The summed E-state index contributed by atoms with van der Waals surface area (Å²) in [6.07, 6.45) is 1.48. The fraction of sp³-hybridized carbons (Fsp3) is 0.545. The zero-order valence-corrected chi connectivity index (χ0v) is 13.2. The lowest BCUT2D eigenvalue weighted by molar-refractivity contribution is -0.0156. The smallest absolute Gasteiger partial charge is 0.260 e. The number of anilines is 1. The lowest BCUT2D eigenvalue weighted by atomic mass is 10.3. The van der Waals surface area contributed by atoms with Crippen LogP contribution in [0.25, 0.3) is 4.96 Å². The summed E-state index contributed by atoms with van der Waals surface area (Å²) < 4.78 is 34.5. The predicted octanol–water partition coefficient (Wildman–Crippen LogP) is -0.413. The third kappa shape index (κ3) is 2.90. The van der Waals surface area contributed by atoms with E-state index in [9.17, 15) is 8.42 Å². The summed E-state index contributed by atoms with van der Waals surface area (Å²) in [6.45, 7) is 2.36. The van der Waals surface area contributed by atoms with Gasteiger partial charge in [0.15, 0.2) is 15.8 Å². The van der Waals surface area contributed by atoms with Gasteiger partial charge in [0.05, 0.1) is 12.7 Å². The molecule has 0 saturated carbocycles. The average Bonchev–Trinajstić information content (AvgIpc) is 2.96. The van der Waals surface area contributed by atoms with Crippen molar-refractivity contribution in [2.45, 2.75) is 11.1 Å². The number of imidazole rings is 1. The maximum atomic E-state index is 12.4. The van der Waals surface area contributed by atoms with E-state index >= 15 is 0 Å². The van der Waals surface area contributed by atoms with Crippen LogP contribution >= 0.6 is 11.3 Å². The summed E-state index contributed by atoms with van der Waals surface area (Å²) in [6, 6.07) is 0. The van der Waals surface area contributed by atoms with Gasteiger partial charge in [0, 0.05) is 31.2 Å². The molecule has 10 heteroatoms. The number of ether oxygens (including phenoxy) is 1. The molecule has 0 amide bonds.